The van der Waals surface area contributed by atoms with Crippen LogP contribution in [0.15, 0.2) is 29.4 Å². The molecule has 0 bridgehead atoms. The maximum Gasteiger partial charge on any atom is 0.265 e. The van der Waals surface area contributed by atoms with Gasteiger partial charge < -0.3 is 0 Å². The average molecular weight is 207 g/mol. The summed E-state index contributed by atoms with van der Waals surface area (Å²) in [6.45, 7) is -0.0198. The molecule has 1 aromatic carbocycles. The van der Waals surface area contributed by atoms with Gasteiger partial charge in [-0.2, -0.15) is 0 Å². The highest BCUT2D eigenvalue weighted by Gasteiger charge is 2.09. The number of rotatable bonds is 2. The summed E-state index contributed by atoms with van der Waals surface area (Å²) in [6.07, 6.45) is -2.55. The fourth-order valence-electron chi connectivity index (χ4n) is 1.00. The lowest BCUT2D eigenvalue weighted by Gasteiger charge is -2.01. The average Bonchev–Trinajstić information content (AvgIpc) is 2.25. The van der Waals surface area contributed by atoms with Crippen molar-refractivity contribution in [2.75, 3.05) is 6.54 Å². The Hall–Kier alpha value is -2.05. The molecule has 0 atom stereocenters. The van der Waals surface area contributed by atoms with E-state index in [1.54, 1.807) is 6.07 Å². The molecule has 0 N–H and O–H groups in total. The van der Waals surface area contributed by atoms with Crippen LogP contribution in [0.4, 0.5) is 8.78 Å². The quantitative estimate of drug-likeness (QED) is 0.309. The van der Waals surface area contributed by atoms with E-state index in [9.17, 15) is 8.78 Å². The minimum atomic E-state index is -2.55. The highest BCUT2D eigenvalue weighted by Crippen LogP contribution is 2.21. The first-order chi connectivity index (χ1) is 7.25. The lowest BCUT2D eigenvalue weighted by Crippen LogP contribution is -1.89. The SMILES string of the molecule is [N-]=[N+]=NCC#Cc1ccccc1C(F)F. The molecular weight excluding hydrogens is 200 g/mol. The molecule has 0 aliphatic carbocycles. The molecule has 3 nitrogen and oxygen atoms in total. The molecule has 0 saturated heterocycles. The smallest absolute Gasteiger partial charge is 0.205 e. The summed E-state index contributed by atoms with van der Waals surface area (Å²) in [4.78, 5) is 2.50. The van der Waals surface area contributed by atoms with Gasteiger partial charge in [-0.15, -0.1) is 0 Å². The zero-order valence-electron chi connectivity index (χ0n) is 7.69. The Morgan fingerprint density at radius 2 is 2.13 bits per heavy atom. The third kappa shape index (κ3) is 3.29. The molecular formula is C10H7F2N3. The van der Waals surface area contributed by atoms with E-state index in [1.807, 2.05) is 0 Å². The van der Waals surface area contributed by atoms with Crippen LogP contribution in [-0.2, 0) is 0 Å². The summed E-state index contributed by atoms with van der Waals surface area (Å²) in [5.41, 5.74) is 8.14. The van der Waals surface area contributed by atoms with Crippen molar-refractivity contribution in [3.05, 3.63) is 45.8 Å². The molecule has 0 aliphatic rings. The Kier molecular flexibility index (Phi) is 4.14. The van der Waals surface area contributed by atoms with Gasteiger partial charge in [-0.05, 0) is 11.6 Å². The minimum Gasteiger partial charge on any atom is -0.205 e. The standard InChI is InChI=1S/C10H7F2N3/c11-10(12)9-6-2-1-4-8(9)5-3-7-14-15-13/h1-2,4,6,10H,7H2. The van der Waals surface area contributed by atoms with E-state index < -0.39 is 6.43 Å². The monoisotopic (exact) mass is 207 g/mol. The molecule has 0 aliphatic heterocycles. The van der Waals surface area contributed by atoms with Gasteiger partial charge in [-0.3, -0.25) is 0 Å². The predicted molar refractivity (Wildman–Crippen MR) is 52.3 cm³/mol. The van der Waals surface area contributed by atoms with Gasteiger partial charge >= 0.3 is 0 Å². The van der Waals surface area contributed by atoms with Gasteiger partial charge in [0.15, 0.2) is 0 Å². The summed E-state index contributed by atoms with van der Waals surface area (Å²) < 4.78 is 24.9. The fourth-order valence-corrected chi connectivity index (χ4v) is 1.00. The minimum absolute atomic E-state index is 0.0198. The van der Waals surface area contributed by atoms with Crippen molar-refractivity contribution >= 4 is 0 Å². The Bertz CT molecular complexity index is 439. The van der Waals surface area contributed by atoms with E-state index in [0.717, 1.165) is 0 Å². The second-order valence-corrected chi connectivity index (χ2v) is 2.58. The second-order valence-electron chi connectivity index (χ2n) is 2.58. The summed E-state index contributed by atoms with van der Waals surface area (Å²) in [5, 5.41) is 3.18. The largest absolute Gasteiger partial charge is 0.265 e. The van der Waals surface area contributed by atoms with Crippen LogP contribution in [0.5, 0.6) is 0 Å². The van der Waals surface area contributed by atoms with Gasteiger partial charge in [0.05, 0.1) is 6.54 Å². The Morgan fingerprint density at radius 1 is 1.40 bits per heavy atom. The van der Waals surface area contributed by atoms with Crippen molar-refractivity contribution in [1.82, 2.24) is 0 Å². The number of halogens is 2. The van der Waals surface area contributed by atoms with E-state index in [2.05, 4.69) is 21.9 Å². The summed E-state index contributed by atoms with van der Waals surface area (Å²) >= 11 is 0. The summed E-state index contributed by atoms with van der Waals surface area (Å²) in [7, 11) is 0. The van der Waals surface area contributed by atoms with E-state index >= 15 is 0 Å². The van der Waals surface area contributed by atoms with Crippen molar-refractivity contribution in [3.8, 4) is 11.8 Å². The first-order valence-corrected chi connectivity index (χ1v) is 4.12. The molecule has 5 heteroatoms. The van der Waals surface area contributed by atoms with Crippen molar-refractivity contribution in [1.29, 1.82) is 0 Å². The fraction of sp³-hybridized carbons (Fsp3) is 0.200. The molecule has 0 fully saturated rings. The third-order valence-corrected chi connectivity index (χ3v) is 1.63. The van der Waals surface area contributed by atoms with Gasteiger partial charge in [0.1, 0.15) is 0 Å². The van der Waals surface area contributed by atoms with Crippen LogP contribution in [0.3, 0.4) is 0 Å². The van der Waals surface area contributed by atoms with Crippen molar-refractivity contribution in [2.24, 2.45) is 5.11 Å². The Labute approximate surface area is 85.4 Å². The lowest BCUT2D eigenvalue weighted by molar-refractivity contribution is 0.151. The molecule has 0 unspecified atom stereocenters. The molecule has 0 amide bonds. The number of hydrogen-bond donors (Lipinski definition) is 0. The summed E-state index contributed by atoms with van der Waals surface area (Å²) in [5.74, 6) is 5.03. The predicted octanol–water partition coefficient (Wildman–Crippen LogP) is 3.29. The van der Waals surface area contributed by atoms with Crippen LogP contribution < -0.4 is 0 Å². The normalized spacial score (nSPS) is 9.00. The van der Waals surface area contributed by atoms with Gasteiger partial charge in [0.2, 0.25) is 0 Å². The highest BCUT2D eigenvalue weighted by molar-refractivity contribution is 5.42. The van der Waals surface area contributed by atoms with Gasteiger partial charge in [0.25, 0.3) is 6.43 Å². The van der Waals surface area contributed by atoms with E-state index in [1.165, 1.54) is 18.2 Å². The number of azide groups is 1. The van der Waals surface area contributed by atoms with E-state index in [4.69, 9.17) is 5.53 Å². The second kappa shape index (κ2) is 5.63. The van der Waals surface area contributed by atoms with Gasteiger partial charge in [-0.25, -0.2) is 8.78 Å². The molecule has 0 radical (unpaired) electrons. The number of hydrogen-bond acceptors (Lipinski definition) is 1. The molecule has 1 aromatic rings. The summed E-state index contributed by atoms with van der Waals surface area (Å²) in [6, 6.07) is 5.98. The molecule has 1 rings (SSSR count). The molecule has 15 heavy (non-hydrogen) atoms. The van der Waals surface area contributed by atoms with Crippen molar-refractivity contribution in [3.63, 3.8) is 0 Å². The van der Waals surface area contributed by atoms with Crippen LogP contribution in [0.2, 0.25) is 0 Å². The van der Waals surface area contributed by atoms with E-state index in [-0.39, 0.29) is 17.7 Å². The molecule has 0 aromatic heterocycles. The van der Waals surface area contributed by atoms with Crippen molar-refractivity contribution < 1.29 is 8.78 Å². The van der Waals surface area contributed by atoms with Crippen molar-refractivity contribution in [2.45, 2.75) is 6.43 Å². The van der Waals surface area contributed by atoms with Crippen LogP contribution in [0.1, 0.15) is 17.6 Å². The van der Waals surface area contributed by atoms with Crippen LogP contribution in [0.25, 0.3) is 10.4 Å². The van der Waals surface area contributed by atoms with Gasteiger partial charge in [0, 0.05) is 16.0 Å². The third-order valence-electron chi connectivity index (χ3n) is 1.63. The maximum atomic E-state index is 12.5. The molecule has 0 saturated carbocycles. The Balaban J connectivity index is 2.91. The zero-order valence-corrected chi connectivity index (χ0v) is 7.69. The zero-order chi connectivity index (χ0) is 11.1. The number of benzene rings is 1. The lowest BCUT2D eigenvalue weighted by atomic mass is 10.1. The van der Waals surface area contributed by atoms with Crippen LogP contribution in [0, 0.1) is 11.8 Å². The van der Waals surface area contributed by atoms with Crippen LogP contribution in [-0.4, -0.2) is 6.54 Å². The maximum absolute atomic E-state index is 12.5. The highest BCUT2D eigenvalue weighted by atomic mass is 19.3. The molecule has 0 heterocycles. The first-order valence-electron chi connectivity index (χ1n) is 4.12. The topological polar surface area (TPSA) is 48.8 Å². The van der Waals surface area contributed by atoms with Gasteiger partial charge in [-0.1, -0.05) is 35.2 Å². The Morgan fingerprint density at radius 3 is 2.80 bits per heavy atom. The number of nitrogens with zero attached hydrogens (tertiary/aromatic N) is 3. The number of alkyl halides is 2. The first kappa shape index (κ1) is 11.0. The molecule has 0 spiro atoms. The van der Waals surface area contributed by atoms with Crippen LogP contribution >= 0.6 is 0 Å². The van der Waals surface area contributed by atoms with E-state index in [0.29, 0.717) is 0 Å². The molecule has 76 valence electrons.